The largest absolute Gasteiger partial charge is 0.468 e. The number of ether oxygens (including phenoxy) is 1. The van der Waals surface area contributed by atoms with E-state index in [1.165, 1.54) is 12.1 Å². The lowest BCUT2D eigenvalue weighted by Gasteiger charge is -2.30. The molecule has 3 N–H and O–H groups in total. The Kier molecular flexibility index (Phi) is 3.94. The number of amides is 1. The molecule has 2 heterocycles. The van der Waals surface area contributed by atoms with Crippen molar-refractivity contribution < 1.29 is 27.5 Å². The van der Waals surface area contributed by atoms with E-state index in [1.807, 2.05) is 0 Å². The zero-order valence-corrected chi connectivity index (χ0v) is 11.5. The Bertz CT molecular complexity index is 590. The van der Waals surface area contributed by atoms with Crippen molar-refractivity contribution in [3.63, 3.8) is 0 Å². The molecule has 0 spiro atoms. The van der Waals surface area contributed by atoms with Gasteiger partial charge < -0.3 is 15.8 Å². The van der Waals surface area contributed by atoms with Crippen LogP contribution in [0.15, 0.2) is 12.1 Å². The first-order valence-corrected chi connectivity index (χ1v) is 6.23. The SMILES string of the molecule is COC(=O)C1(Cc2ccc(N)nn2)C(=O)NCC1C(F)(F)F. The number of hydrogen-bond donors (Lipinski definition) is 2. The van der Waals surface area contributed by atoms with E-state index < -0.39 is 42.4 Å². The third-order valence-electron chi connectivity index (χ3n) is 3.61. The Morgan fingerprint density at radius 2 is 2.18 bits per heavy atom. The second-order valence-electron chi connectivity index (χ2n) is 4.89. The number of carbonyl (C=O) groups excluding carboxylic acids is 2. The summed E-state index contributed by atoms with van der Waals surface area (Å²) in [6.45, 7) is -0.695. The second-order valence-corrected chi connectivity index (χ2v) is 4.89. The number of nitrogen functional groups attached to an aromatic ring is 1. The minimum atomic E-state index is -4.76. The number of nitrogens with two attached hydrogens (primary N) is 1. The van der Waals surface area contributed by atoms with Crippen molar-refractivity contribution in [2.24, 2.45) is 11.3 Å². The third-order valence-corrected chi connectivity index (χ3v) is 3.61. The molecule has 2 rings (SSSR count). The molecule has 0 bridgehead atoms. The summed E-state index contributed by atoms with van der Waals surface area (Å²) in [6.07, 6.45) is -5.34. The van der Waals surface area contributed by atoms with Crippen LogP contribution >= 0.6 is 0 Å². The van der Waals surface area contributed by atoms with Crippen LogP contribution in [0.5, 0.6) is 0 Å². The Hall–Kier alpha value is -2.39. The van der Waals surface area contributed by atoms with Crippen LogP contribution in [0.2, 0.25) is 0 Å². The fourth-order valence-electron chi connectivity index (χ4n) is 2.52. The third kappa shape index (κ3) is 2.55. The number of esters is 1. The molecule has 2 unspecified atom stereocenters. The predicted octanol–water partition coefficient (Wildman–Crippen LogP) is 0.0690. The highest BCUT2D eigenvalue weighted by Gasteiger charge is 2.66. The van der Waals surface area contributed by atoms with Crippen molar-refractivity contribution in [2.45, 2.75) is 12.6 Å². The highest BCUT2D eigenvalue weighted by molar-refractivity contribution is 6.05. The van der Waals surface area contributed by atoms with E-state index in [0.717, 1.165) is 7.11 Å². The maximum atomic E-state index is 13.2. The molecule has 7 nitrogen and oxygen atoms in total. The molecular weight excluding hydrogens is 305 g/mol. The van der Waals surface area contributed by atoms with Gasteiger partial charge in [-0.1, -0.05) is 0 Å². The number of halogens is 3. The summed E-state index contributed by atoms with van der Waals surface area (Å²) in [5.74, 6) is -4.44. The molecule has 120 valence electrons. The first kappa shape index (κ1) is 16.0. The lowest BCUT2D eigenvalue weighted by Crippen LogP contribution is -2.50. The van der Waals surface area contributed by atoms with Gasteiger partial charge in [-0.3, -0.25) is 9.59 Å². The molecule has 1 amide bonds. The van der Waals surface area contributed by atoms with E-state index in [-0.39, 0.29) is 11.5 Å². The maximum absolute atomic E-state index is 13.2. The fourth-order valence-corrected chi connectivity index (χ4v) is 2.52. The van der Waals surface area contributed by atoms with Gasteiger partial charge in [-0.25, -0.2) is 0 Å². The number of alkyl halides is 3. The molecule has 22 heavy (non-hydrogen) atoms. The van der Waals surface area contributed by atoms with E-state index in [0.29, 0.717) is 0 Å². The van der Waals surface area contributed by atoms with Crippen molar-refractivity contribution in [3.05, 3.63) is 17.8 Å². The lowest BCUT2D eigenvalue weighted by atomic mass is 9.73. The monoisotopic (exact) mass is 318 g/mol. The molecule has 2 atom stereocenters. The molecule has 1 aliphatic heterocycles. The van der Waals surface area contributed by atoms with Gasteiger partial charge in [-0.05, 0) is 12.1 Å². The summed E-state index contributed by atoms with van der Waals surface area (Å²) in [5.41, 5.74) is 2.97. The van der Waals surface area contributed by atoms with Gasteiger partial charge in [0.25, 0.3) is 0 Å². The summed E-state index contributed by atoms with van der Waals surface area (Å²) in [7, 11) is 0.928. The standard InChI is InChI=1S/C12H13F3N4O3/c1-22-10(21)11(4-6-2-3-8(16)19-18-6)7(12(13,14)15)5-17-9(11)20/h2-3,7H,4-5H2,1H3,(H2,16,19)(H,17,20). The Morgan fingerprint density at radius 3 is 2.68 bits per heavy atom. The van der Waals surface area contributed by atoms with E-state index in [1.54, 1.807) is 0 Å². The summed E-state index contributed by atoms with van der Waals surface area (Å²) < 4.78 is 44.2. The quantitative estimate of drug-likeness (QED) is 0.603. The van der Waals surface area contributed by atoms with Crippen LogP contribution in [-0.4, -0.2) is 41.9 Å². The highest BCUT2D eigenvalue weighted by Crippen LogP contribution is 2.46. The molecule has 0 saturated carbocycles. The zero-order valence-electron chi connectivity index (χ0n) is 11.5. The molecule has 0 aromatic carbocycles. The van der Waals surface area contributed by atoms with Crippen LogP contribution < -0.4 is 11.1 Å². The maximum Gasteiger partial charge on any atom is 0.395 e. The Morgan fingerprint density at radius 1 is 1.50 bits per heavy atom. The van der Waals surface area contributed by atoms with Crippen LogP contribution in [0.1, 0.15) is 5.69 Å². The normalized spacial score (nSPS) is 24.9. The number of aromatic nitrogens is 2. The second kappa shape index (κ2) is 5.43. The smallest absolute Gasteiger partial charge is 0.395 e. The minimum Gasteiger partial charge on any atom is -0.468 e. The highest BCUT2D eigenvalue weighted by atomic mass is 19.4. The van der Waals surface area contributed by atoms with Crippen molar-refractivity contribution in [1.82, 2.24) is 15.5 Å². The number of rotatable bonds is 3. The number of anilines is 1. The van der Waals surface area contributed by atoms with Gasteiger partial charge in [-0.15, -0.1) is 5.10 Å². The number of carbonyl (C=O) groups is 2. The zero-order chi connectivity index (χ0) is 16.5. The summed E-state index contributed by atoms with van der Waals surface area (Å²) >= 11 is 0. The van der Waals surface area contributed by atoms with Crippen LogP contribution in [-0.2, 0) is 20.7 Å². The van der Waals surface area contributed by atoms with Crippen molar-refractivity contribution in [2.75, 3.05) is 19.4 Å². The van der Waals surface area contributed by atoms with Crippen molar-refractivity contribution in [3.8, 4) is 0 Å². The number of nitrogens with zero attached hydrogens (tertiary/aromatic N) is 2. The molecule has 1 saturated heterocycles. The van der Waals surface area contributed by atoms with E-state index >= 15 is 0 Å². The van der Waals surface area contributed by atoms with Gasteiger partial charge in [0.05, 0.1) is 18.7 Å². The van der Waals surface area contributed by atoms with E-state index in [4.69, 9.17) is 5.73 Å². The molecule has 1 aliphatic rings. The minimum absolute atomic E-state index is 0.0332. The van der Waals surface area contributed by atoms with Gasteiger partial charge in [0.1, 0.15) is 5.82 Å². The number of hydrogen-bond acceptors (Lipinski definition) is 6. The van der Waals surface area contributed by atoms with Crippen LogP contribution in [0.4, 0.5) is 19.0 Å². The van der Waals surface area contributed by atoms with Crippen LogP contribution in [0.25, 0.3) is 0 Å². The van der Waals surface area contributed by atoms with E-state index in [9.17, 15) is 22.8 Å². The summed E-state index contributed by atoms with van der Waals surface area (Å²) in [4.78, 5) is 24.1. The van der Waals surface area contributed by atoms with Crippen molar-refractivity contribution in [1.29, 1.82) is 0 Å². The van der Waals surface area contributed by atoms with Crippen molar-refractivity contribution >= 4 is 17.7 Å². The van der Waals surface area contributed by atoms with Crippen LogP contribution in [0.3, 0.4) is 0 Å². The first-order valence-electron chi connectivity index (χ1n) is 6.23. The first-order chi connectivity index (χ1) is 10.2. The molecule has 1 aromatic heterocycles. The number of methoxy groups -OCH3 is 1. The summed E-state index contributed by atoms with van der Waals surface area (Å²) in [6, 6.07) is 2.63. The molecule has 0 aliphatic carbocycles. The lowest BCUT2D eigenvalue weighted by molar-refractivity contribution is -0.206. The molecule has 10 heteroatoms. The Balaban J connectivity index is 2.49. The van der Waals surface area contributed by atoms with Gasteiger partial charge >= 0.3 is 12.1 Å². The number of nitrogens with one attached hydrogen (secondary N) is 1. The molecule has 1 fully saturated rings. The van der Waals surface area contributed by atoms with Gasteiger partial charge in [0, 0.05) is 13.0 Å². The van der Waals surface area contributed by atoms with Gasteiger partial charge in [0.15, 0.2) is 5.41 Å². The van der Waals surface area contributed by atoms with Crippen LogP contribution in [0, 0.1) is 11.3 Å². The van der Waals surface area contributed by atoms with Gasteiger partial charge in [0.2, 0.25) is 5.91 Å². The van der Waals surface area contributed by atoms with Gasteiger partial charge in [-0.2, -0.15) is 18.3 Å². The van der Waals surface area contributed by atoms with E-state index in [2.05, 4.69) is 20.3 Å². The molecule has 0 radical (unpaired) electrons. The fraction of sp³-hybridized carbons (Fsp3) is 0.500. The topological polar surface area (TPSA) is 107 Å². The average Bonchev–Trinajstić information content (AvgIpc) is 2.78. The Labute approximate surface area is 123 Å². The molecular formula is C12H13F3N4O3. The predicted molar refractivity (Wildman–Crippen MR) is 67.2 cm³/mol. The summed E-state index contributed by atoms with van der Waals surface area (Å²) in [5, 5.41) is 9.22. The molecule has 1 aromatic rings. The average molecular weight is 318 g/mol.